The summed E-state index contributed by atoms with van der Waals surface area (Å²) in [6, 6.07) is 15.7. The number of rotatable bonds is 8. The molecule has 2 aromatic heterocycles. The number of nitrogens with zero attached hydrogens (tertiary/aromatic N) is 2. The van der Waals surface area contributed by atoms with Gasteiger partial charge >= 0.3 is 5.97 Å². The van der Waals surface area contributed by atoms with Gasteiger partial charge in [-0.05, 0) is 66.3 Å². The highest BCUT2D eigenvalue weighted by molar-refractivity contribution is 7.13. The average molecular weight is 433 g/mol. The Hall–Kier alpha value is -3.45. The van der Waals surface area contributed by atoms with E-state index in [1.54, 1.807) is 24.5 Å². The van der Waals surface area contributed by atoms with Crippen molar-refractivity contribution < 1.29 is 9.90 Å². The minimum atomic E-state index is -0.884. The highest BCUT2D eigenvalue weighted by Crippen LogP contribution is 2.29. The van der Waals surface area contributed by atoms with Gasteiger partial charge in [-0.25, -0.2) is 0 Å². The first kappa shape index (κ1) is 20.8. The van der Waals surface area contributed by atoms with Crippen LogP contribution in [0, 0.1) is 13.8 Å². The van der Waals surface area contributed by atoms with Crippen molar-refractivity contribution >= 4 is 39.0 Å². The second-order valence-corrected chi connectivity index (χ2v) is 8.35. The number of aliphatic carboxylic acids is 1. The lowest BCUT2D eigenvalue weighted by Crippen LogP contribution is -2.21. The predicted molar refractivity (Wildman–Crippen MR) is 126 cm³/mol. The largest absolute Gasteiger partial charge is 0.481 e. The topological polar surface area (TPSA) is 87.1 Å². The molecule has 0 saturated heterocycles. The van der Waals surface area contributed by atoms with Gasteiger partial charge in [-0.15, -0.1) is 0 Å². The van der Waals surface area contributed by atoms with E-state index in [1.165, 1.54) is 32.7 Å². The van der Waals surface area contributed by atoms with Crippen molar-refractivity contribution in [1.82, 2.24) is 9.36 Å². The van der Waals surface area contributed by atoms with Gasteiger partial charge in [-0.3, -0.25) is 9.78 Å². The van der Waals surface area contributed by atoms with E-state index in [-0.39, 0.29) is 6.54 Å². The number of hydrogen-bond acceptors (Lipinski definition) is 6. The zero-order chi connectivity index (χ0) is 21.8. The monoisotopic (exact) mass is 432 g/mol. The van der Waals surface area contributed by atoms with Crippen LogP contribution in [0.2, 0.25) is 0 Å². The molecule has 0 saturated carbocycles. The fraction of sp³-hybridized carbons (Fsp3) is 0.208. The first-order valence-electron chi connectivity index (χ1n) is 10.1. The van der Waals surface area contributed by atoms with Crippen LogP contribution >= 0.6 is 11.5 Å². The highest BCUT2D eigenvalue weighted by Gasteiger charge is 2.20. The van der Waals surface area contributed by atoms with Gasteiger partial charge in [0.15, 0.2) is 0 Å². The zero-order valence-corrected chi connectivity index (χ0v) is 18.2. The number of pyridine rings is 1. The van der Waals surface area contributed by atoms with Crippen LogP contribution in [-0.2, 0) is 11.3 Å². The molecule has 158 valence electrons. The molecular formula is C24H24N4O2S. The summed E-state index contributed by atoms with van der Waals surface area (Å²) in [6.07, 6.45) is 3.24. The van der Waals surface area contributed by atoms with Crippen molar-refractivity contribution in [2.75, 3.05) is 17.2 Å². The Morgan fingerprint density at radius 2 is 1.87 bits per heavy atom. The maximum atomic E-state index is 11.8. The fourth-order valence-corrected chi connectivity index (χ4v) is 4.73. The maximum absolute atomic E-state index is 11.8. The van der Waals surface area contributed by atoms with Gasteiger partial charge in [-0.1, -0.05) is 24.3 Å². The van der Waals surface area contributed by atoms with Gasteiger partial charge in [0.2, 0.25) is 0 Å². The number of hydrogen-bond donors (Lipinski definition) is 3. The molecule has 0 aliphatic carbocycles. The molecule has 1 unspecified atom stereocenters. The number of benzene rings is 2. The third-order valence-electron chi connectivity index (χ3n) is 5.24. The van der Waals surface area contributed by atoms with E-state index >= 15 is 0 Å². The van der Waals surface area contributed by atoms with Crippen LogP contribution in [0.3, 0.4) is 0 Å². The molecule has 31 heavy (non-hydrogen) atoms. The molecule has 2 heterocycles. The lowest BCUT2D eigenvalue weighted by Gasteiger charge is -2.17. The summed E-state index contributed by atoms with van der Waals surface area (Å²) < 4.78 is 5.85. The van der Waals surface area contributed by atoms with Crippen molar-refractivity contribution in [3.05, 3.63) is 83.3 Å². The number of aromatic nitrogens is 2. The predicted octanol–water partition coefficient (Wildman–Crippen LogP) is 5.20. The van der Waals surface area contributed by atoms with Crippen LogP contribution < -0.4 is 10.6 Å². The number of aryl methyl sites for hydroxylation is 2. The van der Waals surface area contributed by atoms with Gasteiger partial charge in [0.25, 0.3) is 0 Å². The lowest BCUT2D eigenvalue weighted by molar-refractivity contribution is -0.138. The van der Waals surface area contributed by atoms with E-state index in [0.29, 0.717) is 12.1 Å². The quantitative estimate of drug-likeness (QED) is 0.355. The second kappa shape index (κ2) is 9.14. The van der Waals surface area contributed by atoms with E-state index in [0.717, 1.165) is 17.1 Å². The van der Waals surface area contributed by atoms with Gasteiger partial charge in [-0.2, -0.15) is 4.37 Å². The SMILES string of the molecule is Cc1cc(C)c2c(CNc3ccccc3NCC(C(=O)O)c3cccnc3)nsc2c1. The molecule has 6 nitrogen and oxygen atoms in total. The van der Waals surface area contributed by atoms with E-state index in [4.69, 9.17) is 0 Å². The van der Waals surface area contributed by atoms with E-state index in [1.807, 2.05) is 24.3 Å². The minimum absolute atomic E-state index is 0.262. The van der Waals surface area contributed by atoms with E-state index in [2.05, 4.69) is 46.0 Å². The van der Waals surface area contributed by atoms with Crippen molar-refractivity contribution in [1.29, 1.82) is 0 Å². The molecule has 0 radical (unpaired) electrons. The van der Waals surface area contributed by atoms with Crippen LogP contribution in [0.1, 0.15) is 28.3 Å². The Morgan fingerprint density at radius 1 is 1.10 bits per heavy atom. The van der Waals surface area contributed by atoms with Crippen molar-refractivity contribution in [3.63, 3.8) is 0 Å². The maximum Gasteiger partial charge on any atom is 0.312 e. The summed E-state index contributed by atoms with van der Waals surface area (Å²) in [7, 11) is 0. The molecule has 0 bridgehead atoms. The number of anilines is 2. The highest BCUT2D eigenvalue weighted by atomic mass is 32.1. The third-order valence-corrected chi connectivity index (χ3v) is 6.07. The van der Waals surface area contributed by atoms with Crippen LogP contribution in [0.5, 0.6) is 0 Å². The smallest absolute Gasteiger partial charge is 0.312 e. The molecule has 4 rings (SSSR count). The normalized spacial score (nSPS) is 11.9. The number of para-hydroxylation sites is 2. The average Bonchev–Trinajstić information content (AvgIpc) is 3.16. The zero-order valence-electron chi connectivity index (χ0n) is 17.4. The first-order valence-corrected chi connectivity index (χ1v) is 10.9. The van der Waals surface area contributed by atoms with Gasteiger partial charge in [0, 0.05) is 24.3 Å². The van der Waals surface area contributed by atoms with E-state index < -0.39 is 11.9 Å². The molecule has 0 amide bonds. The molecular weight excluding hydrogens is 408 g/mol. The Kier molecular flexibility index (Phi) is 6.13. The Labute approximate surface area is 185 Å². The molecule has 2 aromatic carbocycles. The van der Waals surface area contributed by atoms with Crippen LogP contribution in [0.4, 0.5) is 11.4 Å². The Morgan fingerprint density at radius 3 is 2.58 bits per heavy atom. The standard InChI is InChI=1S/C24H24N4O2S/c1-15-10-16(2)23-21(28-31-22(23)11-15)14-27-20-8-4-3-7-19(20)26-13-18(24(29)30)17-6-5-9-25-12-17/h3-12,18,26-27H,13-14H2,1-2H3,(H,29,30). The summed E-state index contributed by atoms with van der Waals surface area (Å²) in [6.45, 7) is 5.07. The molecule has 0 aliphatic heterocycles. The van der Waals surface area contributed by atoms with Gasteiger partial charge < -0.3 is 15.7 Å². The number of carbonyl (C=O) groups is 1. The summed E-state index contributed by atoms with van der Waals surface area (Å²) >= 11 is 1.52. The summed E-state index contributed by atoms with van der Waals surface area (Å²) in [5.74, 6) is -1.57. The van der Waals surface area contributed by atoms with Gasteiger partial charge in [0.05, 0.1) is 28.3 Å². The minimum Gasteiger partial charge on any atom is -0.481 e. The fourth-order valence-electron chi connectivity index (χ4n) is 3.75. The van der Waals surface area contributed by atoms with Gasteiger partial charge in [0.1, 0.15) is 5.92 Å². The first-order chi connectivity index (χ1) is 15.0. The van der Waals surface area contributed by atoms with Crippen LogP contribution in [0.25, 0.3) is 10.1 Å². The molecule has 1 atom stereocenters. The van der Waals surface area contributed by atoms with Crippen molar-refractivity contribution in [2.45, 2.75) is 26.3 Å². The summed E-state index contributed by atoms with van der Waals surface area (Å²) in [5.41, 5.74) is 5.92. The Balaban J connectivity index is 1.50. The Bertz CT molecular complexity index is 1210. The molecule has 0 fully saturated rings. The molecule has 3 N–H and O–H groups in total. The number of fused-ring (bicyclic) bond motifs is 1. The molecule has 0 aliphatic rings. The second-order valence-electron chi connectivity index (χ2n) is 7.54. The molecule has 7 heteroatoms. The lowest BCUT2D eigenvalue weighted by atomic mass is 10.0. The van der Waals surface area contributed by atoms with Crippen molar-refractivity contribution in [2.24, 2.45) is 0 Å². The third kappa shape index (κ3) is 4.67. The van der Waals surface area contributed by atoms with Crippen LogP contribution in [-0.4, -0.2) is 27.0 Å². The number of carboxylic acids is 1. The van der Waals surface area contributed by atoms with Crippen molar-refractivity contribution in [3.8, 4) is 0 Å². The van der Waals surface area contributed by atoms with E-state index in [9.17, 15) is 9.90 Å². The number of nitrogens with one attached hydrogen (secondary N) is 2. The van der Waals surface area contributed by atoms with Crippen LogP contribution in [0.15, 0.2) is 60.9 Å². The molecule has 0 spiro atoms. The molecule has 4 aromatic rings. The number of carboxylic acid groups (broad SMARTS) is 1. The summed E-state index contributed by atoms with van der Waals surface area (Å²) in [5, 5.41) is 17.6. The summed E-state index contributed by atoms with van der Waals surface area (Å²) in [4.78, 5) is 15.8.